The Kier molecular flexibility index (Phi) is 7.85. The molecule has 0 radical (unpaired) electrons. The molecule has 3 aromatic rings. The normalized spacial score (nSPS) is 10.5. The van der Waals surface area contributed by atoms with Crippen LogP contribution in [0, 0.1) is 0 Å². The van der Waals surface area contributed by atoms with Gasteiger partial charge in [-0.25, -0.2) is 0 Å². The summed E-state index contributed by atoms with van der Waals surface area (Å²) in [6, 6.07) is 9.65. The van der Waals surface area contributed by atoms with Gasteiger partial charge in [-0.3, -0.25) is 14.8 Å². The van der Waals surface area contributed by atoms with E-state index in [0.717, 1.165) is 23.2 Å². The number of hydrogen-bond donors (Lipinski definition) is 1. The summed E-state index contributed by atoms with van der Waals surface area (Å²) in [5, 5.41) is 0. The largest absolute Gasteiger partial charge is 0.493 e. The number of carbonyl (C=O) groups is 1. The van der Waals surface area contributed by atoms with E-state index in [-0.39, 0.29) is 6.42 Å². The number of hydrogen-bond acceptors (Lipinski definition) is 7. The number of benzene rings is 1. The van der Waals surface area contributed by atoms with Gasteiger partial charge in [0, 0.05) is 37.9 Å². The molecular formula is C24H28N4O4. The first-order chi connectivity index (χ1) is 15.6. The molecule has 168 valence electrons. The van der Waals surface area contributed by atoms with Crippen LogP contribution in [0.1, 0.15) is 16.7 Å². The predicted octanol–water partition coefficient (Wildman–Crippen LogP) is 2.78. The lowest BCUT2D eigenvalue weighted by atomic mass is 10.0. The van der Waals surface area contributed by atoms with Crippen LogP contribution >= 0.6 is 0 Å². The number of aromatic nitrogens is 2. The molecule has 0 aliphatic carbocycles. The highest BCUT2D eigenvalue weighted by molar-refractivity contribution is 5.83. The van der Waals surface area contributed by atoms with E-state index in [1.54, 1.807) is 46.0 Å². The molecule has 0 spiro atoms. The van der Waals surface area contributed by atoms with Crippen LogP contribution in [0.15, 0.2) is 55.1 Å². The molecule has 0 saturated carbocycles. The van der Waals surface area contributed by atoms with Gasteiger partial charge >= 0.3 is 0 Å². The summed E-state index contributed by atoms with van der Waals surface area (Å²) in [5.41, 5.74) is 9.18. The zero-order chi connectivity index (χ0) is 22.9. The molecule has 0 aliphatic heterocycles. The molecular weight excluding hydrogens is 408 g/mol. The van der Waals surface area contributed by atoms with Crippen molar-refractivity contribution in [1.29, 1.82) is 0 Å². The minimum absolute atomic E-state index is 0.0335. The van der Waals surface area contributed by atoms with Crippen molar-refractivity contribution < 1.29 is 19.0 Å². The molecule has 3 rings (SSSR count). The van der Waals surface area contributed by atoms with Crippen LogP contribution in [-0.2, 0) is 24.2 Å². The molecule has 0 unspecified atom stereocenters. The highest BCUT2D eigenvalue weighted by Crippen LogP contribution is 2.47. The summed E-state index contributed by atoms with van der Waals surface area (Å²) in [5.74, 6) is 0.972. The summed E-state index contributed by atoms with van der Waals surface area (Å²) in [4.78, 5) is 22.4. The van der Waals surface area contributed by atoms with Gasteiger partial charge in [0.2, 0.25) is 11.7 Å². The fourth-order valence-corrected chi connectivity index (χ4v) is 3.65. The van der Waals surface area contributed by atoms with Crippen LogP contribution in [0.25, 0.3) is 0 Å². The lowest BCUT2D eigenvalue weighted by molar-refractivity contribution is -0.117. The summed E-state index contributed by atoms with van der Waals surface area (Å²) in [6.45, 7) is 1.21. The lowest BCUT2D eigenvalue weighted by Crippen LogP contribution is -2.28. The maximum absolute atomic E-state index is 11.9. The molecule has 2 aromatic heterocycles. The summed E-state index contributed by atoms with van der Waals surface area (Å²) in [7, 11) is 4.67. The average molecular weight is 437 g/mol. The van der Waals surface area contributed by atoms with Crippen molar-refractivity contribution in [3.8, 4) is 17.2 Å². The van der Waals surface area contributed by atoms with Crippen molar-refractivity contribution >= 4 is 11.6 Å². The van der Waals surface area contributed by atoms with Crippen LogP contribution in [0.4, 0.5) is 5.69 Å². The van der Waals surface area contributed by atoms with E-state index in [1.807, 2.05) is 30.5 Å². The predicted molar refractivity (Wildman–Crippen MR) is 122 cm³/mol. The number of nitrogens with zero attached hydrogens (tertiary/aromatic N) is 3. The third-order valence-electron chi connectivity index (χ3n) is 5.08. The van der Waals surface area contributed by atoms with E-state index in [2.05, 4.69) is 14.9 Å². The Balaban J connectivity index is 2.12. The lowest BCUT2D eigenvalue weighted by Gasteiger charge is -2.30. The quantitative estimate of drug-likeness (QED) is 0.493. The molecule has 8 nitrogen and oxygen atoms in total. The molecule has 0 aliphatic rings. The van der Waals surface area contributed by atoms with E-state index in [4.69, 9.17) is 19.9 Å². The highest BCUT2D eigenvalue weighted by Gasteiger charge is 2.26. The van der Waals surface area contributed by atoms with Crippen LogP contribution in [0.2, 0.25) is 0 Å². The molecule has 0 bridgehead atoms. The summed E-state index contributed by atoms with van der Waals surface area (Å²) < 4.78 is 16.9. The molecule has 1 amide bonds. The standard InChI is InChI=1S/C24H28N4O4/c1-30-20-13-19(14-21(25)29)22(24(32-3)23(20)31-2)28(16-18-6-10-26-11-7-18)12-8-17-5-4-9-27-15-17/h4-7,9-11,13,15H,8,12,14,16H2,1-3H3,(H2,25,29). The van der Waals surface area contributed by atoms with Crippen LogP contribution in [0.3, 0.4) is 0 Å². The van der Waals surface area contributed by atoms with Crippen molar-refractivity contribution in [2.45, 2.75) is 19.4 Å². The molecule has 2 N–H and O–H groups in total. The smallest absolute Gasteiger partial charge is 0.221 e. The zero-order valence-electron chi connectivity index (χ0n) is 18.6. The first-order valence-corrected chi connectivity index (χ1v) is 10.2. The number of primary amides is 1. The third kappa shape index (κ3) is 5.46. The number of methoxy groups -OCH3 is 3. The van der Waals surface area contributed by atoms with Gasteiger partial charge in [-0.2, -0.15) is 0 Å². The number of pyridine rings is 2. The summed E-state index contributed by atoms with van der Waals surface area (Å²) >= 11 is 0. The van der Waals surface area contributed by atoms with Gasteiger partial charge in [0.1, 0.15) is 0 Å². The van der Waals surface area contributed by atoms with Crippen molar-refractivity contribution in [2.24, 2.45) is 5.73 Å². The first kappa shape index (κ1) is 22.9. The number of ether oxygens (including phenoxy) is 3. The van der Waals surface area contributed by atoms with Crippen molar-refractivity contribution in [3.05, 3.63) is 71.8 Å². The maximum atomic E-state index is 11.9. The average Bonchev–Trinajstić information content (AvgIpc) is 2.82. The van der Waals surface area contributed by atoms with Crippen LogP contribution in [-0.4, -0.2) is 43.7 Å². The molecule has 32 heavy (non-hydrogen) atoms. The first-order valence-electron chi connectivity index (χ1n) is 10.2. The SMILES string of the molecule is COc1cc(CC(N)=O)c(N(CCc2cccnc2)Cc2ccncc2)c(OC)c1OC. The monoisotopic (exact) mass is 436 g/mol. The van der Waals surface area contributed by atoms with Gasteiger partial charge in [-0.15, -0.1) is 0 Å². The van der Waals surface area contributed by atoms with E-state index in [1.165, 1.54) is 0 Å². The van der Waals surface area contributed by atoms with Gasteiger partial charge in [0.15, 0.2) is 11.5 Å². The molecule has 0 saturated heterocycles. The second-order valence-electron chi connectivity index (χ2n) is 7.18. The fourth-order valence-electron chi connectivity index (χ4n) is 3.65. The Bertz CT molecular complexity index is 1030. The van der Waals surface area contributed by atoms with E-state index < -0.39 is 5.91 Å². The van der Waals surface area contributed by atoms with E-state index in [0.29, 0.717) is 35.9 Å². The molecule has 0 fully saturated rings. The van der Waals surface area contributed by atoms with Gasteiger partial charge < -0.3 is 24.8 Å². The zero-order valence-corrected chi connectivity index (χ0v) is 18.6. The van der Waals surface area contributed by atoms with Crippen molar-refractivity contribution in [3.63, 3.8) is 0 Å². The Morgan fingerprint density at radius 3 is 2.31 bits per heavy atom. The second-order valence-corrected chi connectivity index (χ2v) is 7.18. The maximum Gasteiger partial charge on any atom is 0.221 e. The van der Waals surface area contributed by atoms with E-state index in [9.17, 15) is 4.79 Å². The Labute approximate surface area is 188 Å². The topological polar surface area (TPSA) is 99.8 Å². The minimum atomic E-state index is -0.448. The number of rotatable bonds is 11. The van der Waals surface area contributed by atoms with Gasteiger partial charge in [-0.05, 0) is 47.4 Å². The van der Waals surface area contributed by atoms with Crippen LogP contribution < -0.4 is 24.8 Å². The van der Waals surface area contributed by atoms with Crippen LogP contribution in [0.5, 0.6) is 17.2 Å². The van der Waals surface area contributed by atoms with E-state index >= 15 is 0 Å². The van der Waals surface area contributed by atoms with Gasteiger partial charge in [0.05, 0.1) is 33.4 Å². The minimum Gasteiger partial charge on any atom is -0.493 e. The van der Waals surface area contributed by atoms with Gasteiger partial charge in [-0.1, -0.05) is 6.07 Å². The Morgan fingerprint density at radius 2 is 1.72 bits per heavy atom. The van der Waals surface area contributed by atoms with Gasteiger partial charge in [0.25, 0.3) is 0 Å². The number of amides is 1. The summed E-state index contributed by atoms with van der Waals surface area (Å²) in [6.07, 6.45) is 7.88. The third-order valence-corrected chi connectivity index (χ3v) is 5.08. The highest BCUT2D eigenvalue weighted by atomic mass is 16.5. The second kappa shape index (κ2) is 11.0. The fraction of sp³-hybridized carbons (Fsp3) is 0.292. The molecule has 2 heterocycles. The van der Waals surface area contributed by atoms with Crippen molar-refractivity contribution in [1.82, 2.24) is 9.97 Å². The number of nitrogens with two attached hydrogens (primary N) is 1. The molecule has 1 aromatic carbocycles. The molecule has 8 heteroatoms. The Hall–Kier alpha value is -3.81. The number of carbonyl (C=O) groups excluding carboxylic acids is 1. The van der Waals surface area contributed by atoms with Crippen molar-refractivity contribution in [2.75, 3.05) is 32.8 Å². The Morgan fingerprint density at radius 1 is 0.969 bits per heavy atom. The molecule has 0 atom stereocenters. The number of anilines is 1.